The maximum absolute atomic E-state index is 11.8. The van der Waals surface area contributed by atoms with Crippen molar-refractivity contribution in [1.29, 1.82) is 0 Å². The Bertz CT molecular complexity index is 610. The Hall–Kier alpha value is -2.10. The van der Waals surface area contributed by atoms with E-state index >= 15 is 0 Å². The molecular weight excluding hydrogens is 218 g/mol. The van der Waals surface area contributed by atoms with Gasteiger partial charge in [0, 0.05) is 18.6 Å². The number of hydrogen-bond donors (Lipinski definition) is 0. The fourth-order valence-corrected chi connectivity index (χ4v) is 2.06. The Morgan fingerprint density at radius 1 is 1.29 bits per heavy atom. The van der Waals surface area contributed by atoms with Gasteiger partial charge in [-0.3, -0.25) is 4.79 Å². The van der Waals surface area contributed by atoms with Crippen LogP contribution in [0.5, 0.6) is 0 Å². The summed E-state index contributed by atoms with van der Waals surface area (Å²) in [5.41, 5.74) is 2.41. The lowest BCUT2D eigenvalue weighted by Crippen LogP contribution is -2.15. The van der Waals surface area contributed by atoms with E-state index in [0.717, 1.165) is 16.5 Å². The highest BCUT2D eigenvalue weighted by Gasteiger charge is 2.21. The highest BCUT2D eigenvalue weighted by atomic mass is 16.5. The van der Waals surface area contributed by atoms with Crippen molar-refractivity contribution in [2.24, 2.45) is 7.05 Å². The second-order valence-electron chi connectivity index (χ2n) is 3.95. The van der Waals surface area contributed by atoms with Crippen LogP contribution in [0.25, 0.3) is 10.9 Å². The SMILES string of the molecule is COC(=O)C(=O)c1cn(C)c2c(C)cccc12. The van der Waals surface area contributed by atoms with Crippen molar-refractivity contribution in [2.45, 2.75) is 6.92 Å². The van der Waals surface area contributed by atoms with Crippen LogP contribution in [0, 0.1) is 6.92 Å². The third kappa shape index (κ3) is 1.71. The predicted molar refractivity (Wildman–Crippen MR) is 64.0 cm³/mol. The summed E-state index contributed by atoms with van der Waals surface area (Å²) in [7, 11) is 3.06. The molecule has 1 aromatic carbocycles. The smallest absolute Gasteiger partial charge is 0.379 e. The second kappa shape index (κ2) is 4.05. The maximum Gasteiger partial charge on any atom is 0.379 e. The zero-order valence-corrected chi connectivity index (χ0v) is 9.98. The summed E-state index contributed by atoms with van der Waals surface area (Å²) in [6.45, 7) is 1.97. The maximum atomic E-state index is 11.8. The highest BCUT2D eigenvalue weighted by Crippen LogP contribution is 2.24. The molecule has 0 aliphatic rings. The molecule has 0 amide bonds. The molecule has 1 heterocycles. The van der Waals surface area contributed by atoms with Gasteiger partial charge < -0.3 is 9.30 Å². The molecule has 0 fully saturated rings. The number of fused-ring (bicyclic) bond motifs is 1. The number of rotatable bonds is 2. The first-order valence-electron chi connectivity index (χ1n) is 5.23. The summed E-state index contributed by atoms with van der Waals surface area (Å²) in [6, 6.07) is 5.67. The summed E-state index contributed by atoms with van der Waals surface area (Å²) >= 11 is 0. The number of ketones is 1. The number of hydrogen-bond acceptors (Lipinski definition) is 3. The highest BCUT2D eigenvalue weighted by molar-refractivity contribution is 6.43. The molecule has 88 valence electrons. The van der Waals surface area contributed by atoms with Crippen molar-refractivity contribution in [3.63, 3.8) is 0 Å². The molecule has 4 heteroatoms. The lowest BCUT2D eigenvalue weighted by molar-refractivity contribution is -0.135. The van der Waals surface area contributed by atoms with Gasteiger partial charge in [-0.05, 0) is 12.5 Å². The summed E-state index contributed by atoms with van der Waals surface area (Å²) in [6.07, 6.45) is 1.66. The van der Waals surface area contributed by atoms with E-state index in [0.29, 0.717) is 5.56 Å². The number of methoxy groups -OCH3 is 1. The monoisotopic (exact) mass is 231 g/mol. The van der Waals surface area contributed by atoms with Gasteiger partial charge in [-0.1, -0.05) is 18.2 Å². The predicted octanol–water partition coefficient (Wildman–Crippen LogP) is 1.84. The Balaban J connectivity index is 2.68. The van der Waals surface area contributed by atoms with E-state index < -0.39 is 11.8 Å². The molecule has 0 aliphatic heterocycles. The van der Waals surface area contributed by atoms with Crippen molar-refractivity contribution >= 4 is 22.7 Å². The number of para-hydroxylation sites is 1. The molecule has 0 bridgehead atoms. The average Bonchev–Trinajstić information content (AvgIpc) is 2.66. The van der Waals surface area contributed by atoms with E-state index in [1.165, 1.54) is 7.11 Å². The van der Waals surface area contributed by atoms with Crippen LogP contribution in [0.2, 0.25) is 0 Å². The number of aromatic nitrogens is 1. The molecule has 17 heavy (non-hydrogen) atoms. The Morgan fingerprint density at radius 3 is 2.65 bits per heavy atom. The van der Waals surface area contributed by atoms with E-state index in [9.17, 15) is 9.59 Å². The van der Waals surface area contributed by atoms with Crippen LogP contribution in [0.15, 0.2) is 24.4 Å². The number of carbonyl (C=O) groups excluding carboxylic acids is 2. The van der Waals surface area contributed by atoms with Crippen molar-refractivity contribution in [2.75, 3.05) is 7.11 Å². The Morgan fingerprint density at radius 2 is 2.00 bits per heavy atom. The number of benzene rings is 1. The van der Waals surface area contributed by atoms with Crippen LogP contribution in [-0.4, -0.2) is 23.4 Å². The van der Waals surface area contributed by atoms with E-state index in [-0.39, 0.29) is 0 Å². The fraction of sp³-hybridized carbons (Fsp3) is 0.231. The van der Waals surface area contributed by atoms with E-state index in [1.807, 2.05) is 36.7 Å². The minimum atomic E-state index is -0.834. The zero-order valence-electron chi connectivity index (χ0n) is 9.98. The lowest BCUT2D eigenvalue weighted by atomic mass is 10.1. The third-order valence-electron chi connectivity index (χ3n) is 2.82. The minimum Gasteiger partial charge on any atom is -0.463 e. The van der Waals surface area contributed by atoms with Crippen LogP contribution < -0.4 is 0 Å². The average molecular weight is 231 g/mol. The molecule has 0 radical (unpaired) electrons. The molecule has 4 nitrogen and oxygen atoms in total. The van der Waals surface area contributed by atoms with Crippen molar-refractivity contribution in [3.05, 3.63) is 35.5 Å². The van der Waals surface area contributed by atoms with Crippen LogP contribution in [0.4, 0.5) is 0 Å². The summed E-state index contributed by atoms with van der Waals surface area (Å²) < 4.78 is 6.31. The zero-order chi connectivity index (χ0) is 12.6. The first kappa shape index (κ1) is 11.4. The summed E-state index contributed by atoms with van der Waals surface area (Å²) in [5.74, 6) is -1.44. The first-order chi connectivity index (χ1) is 8.06. The molecule has 0 saturated carbocycles. The molecule has 2 rings (SSSR count). The normalized spacial score (nSPS) is 10.5. The molecule has 0 aliphatic carbocycles. The largest absolute Gasteiger partial charge is 0.463 e. The first-order valence-corrected chi connectivity index (χ1v) is 5.23. The topological polar surface area (TPSA) is 48.3 Å². The number of ether oxygens (including phenoxy) is 1. The molecule has 2 aromatic rings. The number of esters is 1. The summed E-state index contributed by atoms with van der Waals surface area (Å²) in [5, 5.41) is 0.780. The van der Waals surface area contributed by atoms with Gasteiger partial charge in [0.05, 0.1) is 18.2 Å². The number of aryl methyl sites for hydroxylation is 2. The van der Waals surface area contributed by atoms with Gasteiger partial charge in [0.1, 0.15) is 0 Å². The lowest BCUT2D eigenvalue weighted by Gasteiger charge is -2.00. The van der Waals surface area contributed by atoms with Crippen LogP contribution in [0.3, 0.4) is 0 Å². The van der Waals surface area contributed by atoms with Crippen molar-refractivity contribution in [3.8, 4) is 0 Å². The van der Waals surface area contributed by atoms with Crippen LogP contribution >= 0.6 is 0 Å². The third-order valence-corrected chi connectivity index (χ3v) is 2.82. The molecule has 0 saturated heterocycles. The van der Waals surface area contributed by atoms with Crippen molar-refractivity contribution in [1.82, 2.24) is 4.57 Å². The summed E-state index contributed by atoms with van der Waals surface area (Å²) in [4.78, 5) is 23.1. The van der Waals surface area contributed by atoms with Gasteiger partial charge in [-0.15, -0.1) is 0 Å². The molecular formula is C13H13NO3. The molecule has 0 N–H and O–H groups in total. The standard InChI is InChI=1S/C13H13NO3/c1-8-5-4-6-9-10(7-14(2)11(8)9)12(15)13(16)17-3/h4-7H,1-3H3. The van der Waals surface area contributed by atoms with Gasteiger partial charge in [0.2, 0.25) is 0 Å². The molecule has 0 spiro atoms. The number of nitrogens with zero attached hydrogens (tertiary/aromatic N) is 1. The van der Waals surface area contributed by atoms with Gasteiger partial charge >= 0.3 is 5.97 Å². The molecule has 0 unspecified atom stereocenters. The quantitative estimate of drug-likeness (QED) is 0.450. The van der Waals surface area contributed by atoms with Gasteiger partial charge in [-0.25, -0.2) is 4.79 Å². The Labute approximate surface area is 98.8 Å². The molecule has 0 atom stereocenters. The van der Waals surface area contributed by atoms with E-state index in [1.54, 1.807) is 6.20 Å². The number of carbonyl (C=O) groups is 2. The van der Waals surface area contributed by atoms with Gasteiger partial charge in [0.15, 0.2) is 0 Å². The fourth-order valence-electron chi connectivity index (χ4n) is 2.06. The van der Waals surface area contributed by atoms with E-state index in [2.05, 4.69) is 4.74 Å². The van der Waals surface area contributed by atoms with E-state index in [4.69, 9.17) is 0 Å². The van der Waals surface area contributed by atoms with Gasteiger partial charge in [-0.2, -0.15) is 0 Å². The second-order valence-corrected chi connectivity index (χ2v) is 3.95. The number of Topliss-reactive ketones (excluding diaryl/α,β-unsaturated/α-hetero) is 1. The molecule has 1 aromatic heterocycles. The van der Waals surface area contributed by atoms with Crippen molar-refractivity contribution < 1.29 is 14.3 Å². The Kier molecular flexibility index (Phi) is 2.71. The van der Waals surface area contributed by atoms with Gasteiger partial charge in [0.25, 0.3) is 5.78 Å². The van der Waals surface area contributed by atoms with Crippen LogP contribution in [0.1, 0.15) is 15.9 Å². The van der Waals surface area contributed by atoms with Crippen LogP contribution in [-0.2, 0) is 16.6 Å². The minimum absolute atomic E-state index is 0.387.